The second kappa shape index (κ2) is 6.59. The lowest BCUT2D eigenvalue weighted by atomic mass is 10.2. The van der Waals surface area contributed by atoms with E-state index in [0.717, 1.165) is 0 Å². The van der Waals surface area contributed by atoms with Gasteiger partial charge >= 0.3 is 0 Å². The predicted molar refractivity (Wildman–Crippen MR) is 88.9 cm³/mol. The van der Waals surface area contributed by atoms with Crippen molar-refractivity contribution in [1.82, 2.24) is 9.44 Å². The van der Waals surface area contributed by atoms with Crippen LogP contribution in [0.2, 0.25) is 0 Å². The van der Waals surface area contributed by atoms with Crippen LogP contribution in [0.1, 0.15) is 11.1 Å². The maximum absolute atomic E-state index is 3.08. The summed E-state index contributed by atoms with van der Waals surface area (Å²) in [5.74, 6) is 0. The minimum atomic E-state index is 1.30. The maximum atomic E-state index is 3.08. The van der Waals surface area contributed by atoms with Crippen molar-refractivity contribution in [2.45, 2.75) is 9.79 Å². The van der Waals surface area contributed by atoms with E-state index in [0.29, 0.717) is 0 Å². The van der Waals surface area contributed by atoms with Gasteiger partial charge in [-0.25, -0.2) is 0 Å². The average molecular weight is 298 g/mol. The van der Waals surface area contributed by atoms with Crippen molar-refractivity contribution in [3.63, 3.8) is 0 Å². The van der Waals surface area contributed by atoms with Crippen molar-refractivity contribution < 1.29 is 0 Å². The molecule has 0 aromatic heterocycles. The van der Waals surface area contributed by atoms with Crippen LogP contribution in [0.3, 0.4) is 0 Å². The standard InChI is InChI=1S/2C8H7NS/c2*1-2-4-8-7(3-1)5-6-9-10-8/h2*1-6,9H. The molecule has 0 unspecified atom stereocenters. The van der Waals surface area contributed by atoms with Crippen molar-refractivity contribution in [3.05, 3.63) is 72.1 Å². The Morgan fingerprint density at radius 2 is 1.05 bits per heavy atom. The largest absolute Gasteiger partial charge is 0.332 e. The highest BCUT2D eigenvalue weighted by atomic mass is 32.2. The molecule has 2 aliphatic heterocycles. The van der Waals surface area contributed by atoms with Crippen LogP contribution in [-0.2, 0) is 0 Å². The molecule has 2 aromatic carbocycles. The minimum Gasteiger partial charge on any atom is -0.332 e. The lowest BCUT2D eigenvalue weighted by Gasteiger charge is -2.08. The van der Waals surface area contributed by atoms with Gasteiger partial charge in [0, 0.05) is 22.2 Å². The first kappa shape index (κ1) is 13.2. The van der Waals surface area contributed by atoms with Crippen LogP contribution in [0, 0.1) is 0 Å². The van der Waals surface area contributed by atoms with E-state index in [9.17, 15) is 0 Å². The molecular weight excluding hydrogens is 284 g/mol. The third kappa shape index (κ3) is 3.21. The van der Waals surface area contributed by atoms with Gasteiger partial charge in [-0.1, -0.05) is 36.4 Å². The van der Waals surface area contributed by atoms with Crippen LogP contribution in [0.15, 0.2) is 70.7 Å². The molecule has 2 nitrogen and oxygen atoms in total. The number of hydrogen-bond acceptors (Lipinski definition) is 4. The van der Waals surface area contributed by atoms with Crippen molar-refractivity contribution in [2.75, 3.05) is 0 Å². The Morgan fingerprint density at radius 1 is 0.600 bits per heavy atom. The highest BCUT2D eigenvalue weighted by Crippen LogP contribution is 2.24. The number of rotatable bonds is 0. The third-order valence-corrected chi connectivity index (χ3v) is 4.53. The fourth-order valence-corrected chi connectivity index (χ4v) is 3.19. The van der Waals surface area contributed by atoms with Gasteiger partial charge < -0.3 is 9.44 Å². The smallest absolute Gasteiger partial charge is 0.0357 e. The van der Waals surface area contributed by atoms with Gasteiger partial charge in [0.1, 0.15) is 0 Å². The summed E-state index contributed by atoms with van der Waals surface area (Å²) in [6.07, 6.45) is 8.05. The second-order valence-corrected chi connectivity index (χ2v) is 5.94. The van der Waals surface area contributed by atoms with Crippen molar-refractivity contribution in [3.8, 4) is 0 Å². The predicted octanol–water partition coefficient (Wildman–Crippen LogP) is 4.54. The molecule has 0 bridgehead atoms. The first-order valence-corrected chi connectivity index (χ1v) is 7.93. The average Bonchev–Trinajstić information content (AvgIpc) is 2.56. The monoisotopic (exact) mass is 298 g/mol. The van der Waals surface area contributed by atoms with E-state index in [1.165, 1.54) is 20.9 Å². The molecule has 0 aliphatic carbocycles. The quantitative estimate of drug-likeness (QED) is 0.698. The number of fused-ring (bicyclic) bond motifs is 2. The molecule has 100 valence electrons. The first-order chi connectivity index (χ1) is 9.93. The van der Waals surface area contributed by atoms with Gasteiger partial charge in [0.25, 0.3) is 0 Å². The Balaban J connectivity index is 0.000000121. The Hall–Kier alpha value is -1.78. The zero-order valence-electron chi connectivity index (χ0n) is 10.7. The van der Waals surface area contributed by atoms with Gasteiger partial charge in [-0.2, -0.15) is 0 Å². The molecule has 2 heterocycles. The second-order valence-electron chi connectivity index (χ2n) is 4.18. The van der Waals surface area contributed by atoms with Crippen molar-refractivity contribution in [2.24, 2.45) is 0 Å². The van der Waals surface area contributed by atoms with E-state index in [1.54, 1.807) is 23.9 Å². The Bertz CT molecular complexity index is 593. The third-order valence-electron chi connectivity index (χ3n) is 2.84. The van der Waals surface area contributed by atoms with E-state index < -0.39 is 0 Å². The van der Waals surface area contributed by atoms with Crippen LogP contribution >= 0.6 is 23.9 Å². The molecule has 4 rings (SSSR count). The van der Waals surface area contributed by atoms with Crippen molar-refractivity contribution >= 4 is 36.0 Å². The molecule has 2 N–H and O–H groups in total. The first-order valence-electron chi connectivity index (χ1n) is 6.29. The molecule has 20 heavy (non-hydrogen) atoms. The molecule has 0 fully saturated rings. The highest BCUT2D eigenvalue weighted by molar-refractivity contribution is 7.97. The molecular formula is C16H14N2S2. The summed E-state index contributed by atoms with van der Waals surface area (Å²) in [7, 11) is 0. The summed E-state index contributed by atoms with van der Waals surface area (Å²) in [5.41, 5.74) is 2.59. The normalized spacial score (nSPS) is 14.0. The fraction of sp³-hybridized carbons (Fsp3) is 0. The fourth-order valence-electron chi connectivity index (χ4n) is 1.86. The summed E-state index contributed by atoms with van der Waals surface area (Å²) in [4.78, 5) is 2.59. The molecule has 0 saturated carbocycles. The van der Waals surface area contributed by atoms with Crippen LogP contribution in [-0.4, -0.2) is 0 Å². The van der Waals surface area contributed by atoms with E-state index in [2.05, 4.69) is 58.0 Å². The lowest BCUT2D eigenvalue weighted by Crippen LogP contribution is -1.96. The van der Waals surface area contributed by atoms with Crippen LogP contribution in [0.25, 0.3) is 12.2 Å². The molecule has 0 amide bonds. The number of nitrogens with one attached hydrogen (secondary N) is 2. The maximum Gasteiger partial charge on any atom is 0.0357 e. The summed E-state index contributed by atoms with van der Waals surface area (Å²) in [6.45, 7) is 0. The van der Waals surface area contributed by atoms with Gasteiger partial charge in [0.15, 0.2) is 0 Å². The minimum absolute atomic E-state index is 1.30. The molecule has 0 atom stereocenters. The summed E-state index contributed by atoms with van der Waals surface area (Å²) >= 11 is 3.30. The SMILES string of the molecule is C1=Cc2ccccc2SN1.C1=Cc2ccccc2SN1. The topological polar surface area (TPSA) is 24.1 Å². The summed E-state index contributed by atoms with van der Waals surface area (Å²) in [6, 6.07) is 16.6. The molecule has 0 radical (unpaired) electrons. The molecule has 0 saturated heterocycles. The Kier molecular flexibility index (Phi) is 4.35. The number of benzene rings is 2. The molecule has 2 aromatic rings. The van der Waals surface area contributed by atoms with E-state index in [-0.39, 0.29) is 0 Å². The highest BCUT2D eigenvalue weighted by Gasteiger charge is 2.01. The van der Waals surface area contributed by atoms with Crippen molar-refractivity contribution in [1.29, 1.82) is 0 Å². The lowest BCUT2D eigenvalue weighted by molar-refractivity contribution is 1.32. The molecule has 4 heteroatoms. The summed E-state index contributed by atoms with van der Waals surface area (Å²) < 4.78 is 6.15. The Morgan fingerprint density at radius 3 is 1.50 bits per heavy atom. The van der Waals surface area contributed by atoms with Gasteiger partial charge in [-0.3, -0.25) is 0 Å². The van der Waals surface area contributed by atoms with E-state index >= 15 is 0 Å². The molecule has 2 aliphatic rings. The van der Waals surface area contributed by atoms with Gasteiger partial charge in [0.05, 0.1) is 0 Å². The van der Waals surface area contributed by atoms with Crippen LogP contribution in [0.5, 0.6) is 0 Å². The van der Waals surface area contributed by atoms with Crippen LogP contribution in [0.4, 0.5) is 0 Å². The zero-order valence-corrected chi connectivity index (χ0v) is 12.4. The number of hydrogen-bond donors (Lipinski definition) is 2. The van der Waals surface area contributed by atoms with Gasteiger partial charge in [-0.15, -0.1) is 0 Å². The van der Waals surface area contributed by atoms with Gasteiger partial charge in [-0.05, 0) is 59.3 Å². The molecule has 0 spiro atoms. The van der Waals surface area contributed by atoms with Gasteiger partial charge in [0.2, 0.25) is 0 Å². The Labute approximate surface area is 127 Å². The van der Waals surface area contributed by atoms with Crippen LogP contribution < -0.4 is 9.44 Å². The van der Waals surface area contributed by atoms with E-state index in [4.69, 9.17) is 0 Å². The zero-order chi connectivity index (χ0) is 13.6. The van der Waals surface area contributed by atoms with E-state index in [1.807, 2.05) is 24.5 Å². The summed E-state index contributed by atoms with van der Waals surface area (Å²) in [5, 5.41) is 0.